The summed E-state index contributed by atoms with van der Waals surface area (Å²) in [5.74, 6) is -0.209. The SMILES string of the molecule is CNC(=O)Nc1ccc(NC(=O)c2ccc(-n3cnc4ccccc43)cc2)cc1. The Morgan fingerprint density at radius 2 is 1.48 bits per heavy atom. The average Bonchev–Trinajstić information content (AvgIpc) is 3.19. The summed E-state index contributed by atoms with van der Waals surface area (Å²) >= 11 is 0. The highest BCUT2D eigenvalue weighted by atomic mass is 16.2. The minimum atomic E-state index is -0.299. The van der Waals surface area contributed by atoms with Crippen LogP contribution in [0.3, 0.4) is 0 Å². The minimum Gasteiger partial charge on any atom is -0.341 e. The number of hydrogen-bond acceptors (Lipinski definition) is 3. The van der Waals surface area contributed by atoms with Crippen LogP contribution in [-0.2, 0) is 0 Å². The zero-order valence-electron chi connectivity index (χ0n) is 15.7. The van der Waals surface area contributed by atoms with Gasteiger partial charge >= 0.3 is 6.03 Å². The molecule has 3 amide bonds. The van der Waals surface area contributed by atoms with Crippen molar-refractivity contribution in [3.63, 3.8) is 0 Å². The second-order valence-electron chi connectivity index (χ2n) is 6.39. The van der Waals surface area contributed by atoms with Crippen LogP contribution in [0.2, 0.25) is 0 Å². The second kappa shape index (κ2) is 7.85. The molecule has 7 heteroatoms. The number of carbonyl (C=O) groups is 2. The van der Waals surface area contributed by atoms with E-state index in [0.29, 0.717) is 16.9 Å². The first-order chi connectivity index (χ1) is 14.1. The number of carbonyl (C=O) groups excluding carboxylic acids is 2. The van der Waals surface area contributed by atoms with Crippen molar-refractivity contribution >= 4 is 34.3 Å². The molecule has 0 aliphatic rings. The molecule has 3 N–H and O–H groups in total. The standard InChI is InChI=1S/C22H19N5O2/c1-23-22(29)26-17-10-8-16(9-11-17)25-21(28)15-6-12-18(13-7-15)27-14-24-19-4-2-3-5-20(19)27/h2-14H,1H3,(H,25,28)(H2,23,26,29). The molecule has 0 aliphatic heterocycles. The van der Waals surface area contributed by atoms with Crippen LogP contribution >= 0.6 is 0 Å². The Kier molecular flexibility index (Phi) is 4.94. The van der Waals surface area contributed by atoms with Gasteiger partial charge in [-0.15, -0.1) is 0 Å². The van der Waals surface area contributed by atoms with Crippen LogP contribution in [0.1, 0.15) is 10.4 Å². The zero-order valence-corrected chi connectivity index (χ0v) is 15.7. The predicted octanol–water partition coefficient (Wildman–Crippen LogP) is 4.03. The first-order valence-electron chi connectivity index (χ1n) is 9.07. The Morgan fingerprint density at radius 1 is 0.828 bits per heavy atom. The highest BCUT2D eigenvalue weighted by Gasteiger charge is 2.08. The largest absolute Gasteiger partial charge is 0.341 e. The second-order valence-corrected chi connectivity index (χ2v) is 6.39. The van der Waals surface area contributed by atoms with E-state index in [1.54, 1.807) is 49.8 Å². The summed E-state index contributed by atoms with van der Waals surface area (Å²) < 4.78 is 1.98. The third kappa shape index (κ3) is 3.93. The first kappa shape index (κ1) is 18.2. The van der Waals surface area contributed by atoms with Gasteiger partial charge in [0.05, 0.1) is 11.0 Å². The molecule has 1 aromatic heterocycles. The summed E-state index contributed by atoms with van der Waals surface area (Å²) in [4.78, 5) is 28.2. The van der Waals surface area contributed by atoms with Crippen LogP contribution in [0.15, 0.2) is 79.1 Å². The molecule has 0 saturated carbocycles. The predicted molar refractivity (Wildman–Crippen MR) is 114 cm³/mol. The molecule has 0 radical (unpaired) electrons. The van der Waals surface area contributed by atoms with Crippen molar-refractivity contribution in [1.82, 2.24) is 14.9 Å². The lowest BCUT2D eigenvalue weighted by Crippen LogP contribution is -2.24. The Labute approximate surface area is 167 Å². The van der Waals surface area contributed by atoms with Crippen LogP contribution in [0, 0.1) is 0 Å². The molecule has 0 unspecified atom stereocenters. The maximum Gasteiger partial charge on any atom is 0.318 e. The molecule has 0 bridgehead atoms. The van der Waals surface area contributed by atoms with Gasteiger partial charge in [-0.05, 0) is 60.7 Å². The summed E-state index contributed by atoms with van der Waals surface area (Å²) in [5.41, 5.74) is 4.69. The van der Waals surface area contributed by atoms with Crippen LogP contribution < -0.4 is 16.0 Å². The normalized spacial score (nSPS) is 10.5. The summed E-state index contributed by atoms with van der Waals surface area (Å²) in [6.07, 6.45) is 1.77. The number of amides is 3. The van der Waals surface area contributed by atoms with Crippen molar-refractivity contribution in [3.05, 3.63) is 84.7 Å². The lowest BCUT2D eigenvalue weighted by Gasteiger charge is -2.09. The fourth-order valence-electron chi connectivity index (χ4n) is 2.97. The van der Waals surface area contributed by atoms with E-state index in [0.717, 1.165) is 16.7 Å². The number of imidazole rings is 1. The molecule has 0 aliphatic carbocycles. The van der Waals surface area contributed by atoms with E-state index in [1.807, 2.05) is 41.0 Å². The van der Waals surface area contributed by atoms with Gasteiger partial charge in [0.1, 0.15) is 6.33 Å². The fourth-order valence-corrected chi connectivity index (χ4v) is 2.97. The molecular formula is C22H19N5O2. The van der Waals surface area contributed by atoms with Gasteiger partial charge in [0.25, 0.3) is 5.91 Å². The van der Waals surface area contributed by atoms with Crippen LogP contribution in [0.25, 0.3) is 16.7 Å². The lowest BCUT2D eigenvalue weighted by molar-refractivity contribution is 0.102. The van der Waals surface area contributed by atoms with E-state index in [-0.39, 0.29) is 11.9 Å². The Balaban J connectivity index is 1.46. The fraction of sp³-hybridized carbons (Fsp3) is 0.0455. The number of benzene rings is 3. The number of hydrogen-bond donors (Lipinski definition) is 3. The molecule has 0 fully saturated rings. The number of rotatable bonds is 4. The lowest BCUT2D eigenvalue weighted by atomic mass is 10.2. The van der Waals surface area contributed by atoms with Gasteiger partial charge in [-0.2, -0.15) is 0 Å². The molecule has 0 atom stereocenters. The molecule has 7 nitrogen and oxygen atoms in total. The summed E-state index contributed by atoms with van der Waals surface area (Å²) in [7, 11) is 1.55. The quantitative estimate of drug-likeness (QED) is 0.496. The number of fused-ring (bicyclic) bond motifs is 1. The molecule has 0 spiro atoms. The average molecular weight is 385 g/mol. The maximum absolute atomic E-state index is 12.5. The first-order valence-corrected chi connectivity index (χ1v) is 9.07. The third-order valence-electron chi connectivity index (χ3n) is 4.49. The van der Waals surface area contributed by atoms with Crippen molar-refractivity contribution in [1.29, 1.82) is 0 Å². The van der Waals surface area contributed by atoms with Crippen molar-refractivity contribution < 1.29 is 9.59 Å². The summed E-state index contributed by atoms with van der Waals surface area (Å²) in [6.45, 7) is 0. The third-order valence-corrected chi connectivity index (χ3v) is 4.49. The van der Waals surface area contributed by atoms with E-state index in [9.17, 15) is 9.59 Å². The number of para-hydroxylation sites is 2. The molecule has 1 heterocycles. The topological polar surface area (TPSA) is 88.0 Å². The van der Waals surface area contributed by atoms with E-state index in [4.69, 9.17) is 0 Å². The van der Waals surface area contributed by atoms with E-state index < -0.39 is 0 Å². The van der Waals surface area contributed by atoms with Crippen molar-refractivity contribution in [2.75, 3.05) is 17.7 Å². The van der Waals surface area contributed by atoms with Crippen molar-refractivity contribution in [2.24, 2.45) is 0 Å². The van der Waals surface area contributed by atoms with Crippen LogP contribution in [0.4, 0.5) is 16.2 Å². The Morgan fingerprint density at radius 3 is 2.17 bits per heavy atom. The maximum atomic E-state index is 12.5. The van der Waals surface area contributed by atoms with Gasteiger partial charge in [-0.25, -0.2) is 9.78 Å². The van der Waals surface area contributed by atoms with Gasteiger partial charge in [-0.3, -0.25) is 9.36 Å². The molecule has 4 aromatic rings. The molecule has 3 aromatic carbocycles. The highest BCUT2D eigenvalue weighted by molar-refractivity contribution is 6.04. The molecular weight excluding hydrogens is 366 g/mol. The number of aromatic nitrogens is 2. The summed E-state index contributed by atoms with van der Waals surface area (Å²) in [5, 5.41) is 8.00. The van der Waals surface area contributed by atoms with Gasteiger partial charge in [0.15, 0.2) is 0 Å². The number of nitrogens with zero attached hydrogens (tertiary/aromatic N) is 2. The van der Waals surface area contributed by atoms with Crippen molar-refractivity contribution in [3.8, 4) is 5.69 Å². The van der Waals surface area contributed by atoms with Crippen molar-refractivity contribution in [2.45, 2.75) is 0 Å². The van der Waals surface area contributed by atoms with Gasteiger partial charge in [-0.1, -0.05) is 12.1 Å². The van der Waals surface area contributed by atoms with Crippen LogP contribution in [-0.4, -0.2) is 28.5 Å². The van der Waals surface area contributed by atoms with E-state index in [2.05, 4.69) is 20.9 Å². The van der Waals surface area contributed by atoms with Crippen LogP contribution in [0.5, 0.6) is 0 Å². The highest BCUT2D eigenvalue weighted by Crippen LogP contribution is 2.19. The van der Waals surface area contributed by atoms with Gasteiger partial charge in [0, 0.05) is 29.7 Å². The molecule has 29 heavy (non-hydrogen) atoms. The summed E-state index contributed by atoms with van der Waals surface area (Å²) in [6, 6.07) is 21.8. The van der Waals surface area contributed by atoms with E-state index in [1.165, 1.54) is 0 Å². The molecule has 144 valence electrons. The number of anilines is 2. The van der Waals surface area contributed by atoms with Gasteiger partial charge < -0.3 is 16.0 Å². The Bertz CT molecular complexity index is 1160. The molecule has 4 rings (SSSR count). The monoisotopic (exact) mass is 385 g/mol. The number of nitrogens with one attached hydrogen (secondary N) is 3. The smallest absolute Gasteiger partial charge is 0.318 e. The number of urea groups is 1. The molecule has 0 saturated heterocycles. The van der Waals surface area contributed by atoms with E-state index >= 15 is 0 Å². The Hall–Kier alpha value is -4.13. The zero-order chi connectivity index (χ0) is 20.2. The van der Waals surface area contributed by atoms with Gasteiger partial charge in [0.2, 0.25) is 0 Å². The minimum absolute atomic E-state index is 0.209.